The van der Waals surface area contributed by atoms with Crippen molar-refractivity contribution >= 4 is 23.7 Å². The second-order valence-corrected chi connectivity index (χ2v) is 6.21. The van der Waals surface area contributed by atoms with Gasteiger partial charge < -0.3 is 14.8 Å². The predicted molar refractivity (Wildman–Crippen MR) is 109 cm³/mol. The quantitative estimate of drug-likeness (QED) is 0.395. The largest absolute Gasteiger partial charge is 0.494 e. The number of carbonyl (C=O) groups is 2. The van der Waals surface area contributed by atoms with E-state index in [1.165, 1.54) is 6.21 Å². The molecule has 0 aliphatic heterocycles. The normalized spacial score (nSPS) is 10.7. The van der Waals surface area contributed by atoms with Crippen molar-refractivity contribution in [2.45, 2.75) is 33.3 Å². The van der Waals surface area contributed by atoms with Gasteiger partial charge in [-0.15, -0.1) is 0 Å². The van der Waals surface area contributed by atoms with E-state index in [0.717, 1.165) is 17.1 Å². The molecule has 0 heterocycles. The lowest BCUT2D eigenvalue weighted by Gasteiger charge is -2.09. The molecule has 2 N–H and O–H groups in total. The Labute approximate surface area is 164 Å². The van der Waals surface area contributed by atoms with Crippen molar-refractivity contribution in [3.8, 4) is 11.5 Å². The van der Waals surface area contributed by atoms with Gasteiger partial charge in [0.15, 0.2) is 0 Å². The second kappa shape index (κ2) is 10.7. The Morgan fingerprint density at radius 1 is 1.07 bits per heavy atom. The number of anilines is 1. The van der Waals surface area contributed by atoms with Crippen LogP contribution in [-0.4, -0.2) is 30.7 Å². The molecule has 0 saturated heterocycles. The van der Waals surface area contributed by atoms with Crippen LogP contribution in [0.3, 0.4) is 0 Å². The zero-order valence-corrected chi connectivity index (χ0v) is 16.3. The van der Waals surface area contributed by atoms with Crippen molar-refractivity contribution in [3.05, 3.63) is 54.1 Å². The summed E-state index contributed by atoms with van der Waals surface area (Å²) in [5, 5.41) is 6.53. The predicted octanol–water partition coefficient (Wildman–Crippen LogP) is 3.35. The van der Waals surface area contributed by atoms with Gasteiger partial charge in [-0.05, 0) is 62.7 Å². The third-order valence-corrected chi connectivity index (χ3v) is 3.40. The van der Waals surface area contributed by atoms with Crippen LogP contribution < -0.4 is 20.2 Å². The molecule has 0 unspecified atom stereocenters. The van der Waals surface area contributed by atoms with Crippen LogP contribution in [0.2, 0.25) is 0 Å². The summed E-state index contributed by atoms with van der Waals surface area (Å²) in [6.45, 7) is 6.35. The monoisotopic (exact) mass is 383 g/mol. The topological polar surface area (TPSA) is 89.0 Å². The molecule has 2 rings (SSSR count). The zero-order chi connectivity index (χ0) is 20.4. The number of hydrogen-bond acceptors (Lipinski definition) is 5. The lowest BCUT2D eigenvalue weighted by molar-refractivity contribution is -0.126. The van der Waals surface area contributed by atoms with Gasteiger partial charge in [0, 0.05) is 5.69 Å². The van der Waals surface area contributed by atoms with Crippen LogP contribution in [0.4, 0.5) is 5.69 Å². The van der Waals surface area contributed by atoms with Crippen LogP contribution in [0.1, 0.15) is 32.8 Å². The van der Waals surface area contributed by atoms with Gasteiger partial charge in [0.25, 0.3) is 0 Å². The van der Waals surface area contributed by atoms with Crippen LogP contribution in [0.25, 0.3) is 0 Å². The minimum absolute atomic E-state index is 0.0702. The Kier molecular flexibility index (Phi) is 8.02. The number of hydrazone groups is 1. The first-order valence-corrected chi connectivity index (χ1v) is 9.07. The Morgan fingerprint density at radius 3 is 2.50 bits per heavy atom. The maximum Gasteiger partial charge on any atom is 0.249 e. The molecule has 0 aliphatic rings. The van der Waals surface area contributed by atoms with Gasteiger partial charge in [-0.3, -0.25) is 9.59 Å². The van der Waals surface area contributed by atoms with Gasteiger partial charge >= 0.3 is 0 Å². The summed E-state index contributed by atoms with van der Waals surface area (Å²) in [4.78, 5) is 23.8. The van der Waals surface area contributed by atoms with Gasteiger partial charge in [-0.25, -0.2) is 5.43 Å². The molecule has 2 aromatic rings. The average Bonchev–Trinajstić information content (AvgIpc) is 2.63. The van der Waals surface area contributed by atoms with E-state index in [9.17, 15) is 9.59 Å². The summed E-state index contributed by atoms with van der Waals surface area (Å²) in [6.07, 6.45) is 1.23. The Morgan fingerprint density at radius 2 is 1.82 bits per heavy atom. The molecule has 0 atom stereocenters. The van der Waals surface area contributed by atoms with Gasteiger partial charge in [0.05, 0.1) is 18.9 Å². The zero-order valence-electron chi connectivity index (χ0n) is 16.3. The van der Waals surface area contributed by atoms with E-state index in [2.05, 4.69) is 15.8 Å². The van der Waals surface area contributed by atoms with Crippen molar-refractivity contribution in [1.82, 2.24) is 5.43 Å². The van der Waals surface area contributed by atoms with Crippen molar-refractivity contribution in [2.75, 3.05) is 11.9 Å². The summed E-state index contributed by atoms with van der Waals surface area (Å²) in [7, 11) is 0. The molecule has 0 aromatic heterocycles. The first-order chi connectivity index (χ1) is 13.5. The first-order valence-electron chi connectivity index (χ1n) is 9.07. The van der Waals surface area contributed by atoms with Gasteiger partial charge in [0.2, 0.25) is 11.8 Å². The molecule has 148 valence electrons. The van der Waals surface area contributed by atoms with Crippen LogP contribution in [0.15, 0.2) is 53.6 Å². The number of rotatable bonds is 9. The minimum atomic E-state index is -0.505. The van der Waals surface area contributed by atoms with E-state index < -0.39 is 11.8 Å². The number of nitrogens with one attached hydrogen (secondary N) is 2. The number of ether oxygens (including phenoxy) is 2. The summed E-state index contributed by atoms with van der Waals surface area (Å²) >= 11 is 0. The molecule has 0 aliphatic carbocycles. The van der Waals surface area contributed by atoms with Crippen molar-refractivity contribution < 1.29 is 19.1 Å². The molecule has 7 heteroatoms. The van der Waals surface area contributed by atoms with Gasteiger partial charge in [0.1, 0.15) is 17.9 Å². The van der Waals surface area contributed by atoms with Crippen molar-refractivity contribution in [3.63, 3.8) is 0 Å². The number of amides is 2. The highest BCUT2D eigenvalue weighted by Crippen LogP contribution is 2.16. The molecule has 0 radical (unpaired) electrons. The molecule has 0 spiro atoms. The van der Waals surface area contributed by atoms with Crippen LogP contribution in [-0.2, 0) is 9.59 Å². The van der Waals surface area contributed by atoms with Gasteiger partial charge in [-0.1, -0.05) is 12.1 Å². The fourth-order valence-corrected chi connectivity index (χ4v) is 2.31. The van der Waals surface area contributed by atoms with E-state index in [0.29, 0.717) is 12.3 Å². The Hall–Kier alpha value is -3.35. The molecule has 7 nitrogen and oxygen atoms in total. The Bertz CT molecular complexity index is 817. The highest BCUT2D eigenvalue weighted by atomic mass is 16.5. The van der Waals surface area contributed by atoms with Crippen molar-refractivity contribution in [2.24, 2.45) is 5.10 Å². The highest BCUT2D eigenvalue weighted by molar-refractivity contribution is 6.03. The van der Waals surface area contributed by atoms with Crippen LogP contribution in [0.5, 0.6) is 11.5 Å². The highest BCUT2D eigenvalue weighted by Gasteiger charge is 2.09. The number of benzene rings is 2. The lowest BCUT2D eigenvalue weighted by Crippen LogP contribution is -2.24. The maximum absolute atomic E-state index is 11.9. The average molecular weight is 383 g/mol. The molecular formula is C21H25N3O4. The first kappa shape index (κ1) is 21.0. The second-order valence-electron chi connectivity index (χ2n) is 6.21. The molecule has 2 aromatic carbocycles. The molecular weight excluding hydrogens is 358 g/mol. The standard InChI is InChI=1S/C21H25N3O4/c1-4-27-18-10-8-17(9-11-18)23-20(25)13-21(26)24-22-14-16-6-5-7-19(12-16)28-15(2)3/h5-12,14-15H,4,13H2,1-3H3,(H,23,25)(H,24,26). The van der Waals surface area contributed by atoms with E-state index in [1.807, 2.05) is 45.0 Å². The molecule has 2 amide bonds. The summed E-state index contributed by atoms with van der Waals surface area (Å²) < 4.78 is 10.9. The van der Waals surface area contributed by atoms with E-state index in [4.69, 9.17) is 9.47 Å². The van der Waals surface area contributed by atoms with Crippen molar-refractivity contribution in [1.29, 1.82) is 0 Å². The minimum Gasteiger partial charge on any atom is -0.494 e. The summed E-state index contributed by atoms with van der Waals surface area (Å²) in [5.74, 6) is 0.508. The summed E-state index contributed by atoms with van der Waals surface area (Å²) in [6, 6.07) is 14.3. The number of nitrogens with zero attached hydrogens (tertiary/aromatic N) is 1. The summed E-state index contributed by atoms with van der Waals surface area (Å²) in [5.41, 5.74) is 3.71. The lowest BCUT2D eigenvalue weighted by atomic mass is 10.2. The molecule has 0 fully saturated rings. The number of carbonyl (C=O) groups excluding carboxylic acids is 2. The molecule has 0 bridgehead atoms. The fraction of sp³-hybridized carbons (Fsp3) is 0.286. The number of hydrogen-bond donors (Lipinski definition) is 2. The smallest absolute Gasteiger partial charge is 0.249 e. The van der Waals surface area contributed by atoms with E-state index >= 15 is 0 Å². The third-order valence-electron chi connectivity index (χ3n) is 3.40. The fourth-order valence-electron chi connectivity index (χ4n) is 2.31. The third kappa shape index (κ3) is 7.49. The van der Waals surface area contributed by atoms with E-state index in [1.54, 1.807) is 24.3 Å². The SMILES string of the molecule is CCOc1ccc(NC(=O)CC(=O)NN=Cc2cccc(OC(C)C)c2)cc1. The van der Waals surface area contributed by atoms with Crippen LogP contribution >= 0.6 is 0 Å². The van der Waals surface area contributed by atoms with Gasteiger partial charge in [-0.2, -0.15) is 5.10 Å². The molecule has 28 heavy (non-hydrogen) atoms. The maximum atomic E-state index is 11.9. The van der Waals surface area contributed by atoms with E-state index in [-0.39, 0.29) is 12.5 Å². The molecule has 0 saturated carbocycles. The van der Waals surface area contributed by atoms with Crippen LogP contribution in [0, 0.1) is 0 Å². The Balaban J connectivity index is 1.80.